The second kappa shape index (κ2) is 8.32. The summed E-state index contributed by atoms with van der Waals surface area (Å²) in [6.45, 7) is 3.95. The highest BCUT2D eigenvalue weighted by Gasteiger charge is 2.35. The lowest BCUT2D eigenvalue weighted by molar-refractivity contribution is -0.137. The number of carbonyl (C=O) groups excluding carboxylic acids is 2. The summed E-state index contributed by atoms with van der Waals surface area (Å²) in [4.78, 5) is 26.0. The van der Waals surface area contributed by atoms with Crippen molar-refractivity contribution in [3.8, 4) is 0 Å². The first kappa shape index (κ1) is 21.0. The van der Waals surface area contributed by atoms with Gasteiger partial charge in [0.1, 0.15) is 0 Å². The summed E-state index contributed by atoms with van der Waals surface area (Å²) in [5, 5.41) is 2.24. The number of hydrogen-bond acceptors (Lipinski definition) is 4. The van der Waals surface area contributed by atoms with Crippen LogP contribution in [0, 0.1) is 0 Å². The fourth-order valence-corrected chi connectivity index (χ4v) is 3.58. The highest BCUT2D eigenvalue weighted by Crippen LogP contribution is 2.33. The zero-order valence-corrected chi connectivity index (χ0v) is 16.6. The van der Waals surface area contributed by atoms with Gasteiger partial charge in [-0.2, -0.15) is 13.2 Å². The maximum Gasteiger partial charge on any atom is 0.416 e. The van der Waals surface area contributed by atoms with Crippen LogP contribution in [-0.2, 0) is 11.0 Å². The summed E-state index contributed by atoms with van der Waals surface area (Å²) in [5.74, 6) is -0.0920. The van der Waals surface area contributed by atoms with Crippen LogP contribution in [0.5, 0.6) is 0 Å². The minimum Gasteiger partial charge on any atom is -0.367 e. The third-order valence-electron chi connectivity index (χ3n) is 4.41. The number of halogens is 3. The van der Waals surface area contributed by atoms with Gasteiger partial charge in [0, 0.05) is 5.69 Å². The van der Waals surface area contributed by atoms with Crippen molar-refractivity contribution in [2.24, 2.45) is 0 Å². The molecule has 0 radical (unpaired) electrons. The molecule has 0 aliphatic carbocycles. The normalized spacial score (nSPS) is 16.2. The molecule has 0 spiro atoms. The van der Waals surface area contributed by atoms with Gasteiger partial charge >= 0.3 is 6.18 Å². The molecule has 2 aromatic rings. The van der Waals surface area contributed by atoms with Crippen molar-refractivity contribution in [2.45, 2.75) is 25.9 Å². The monoisotopic (exact) mass is 420 g/mol. The van der Waals surface area contributed by atoms with E-state index in [4.69, 9.17) is 0 Å². The number of alkyl halides is 3. The standard InChI is InChI=1S/C21H19F3N2O2S/c1-13(2)15-8-6-14(7-9-15)10-18-19(27)26(20(28)29-18)12-25-17-5-3-4-16(11-17)21(22,23)24/h3-11,13,25H,12H2,1-2H3/b18-10+. The fourth-order valence-electron chi connectivity index (χ4n) is 2.74. The summed E-state index contributed by atoms with van der Waals surface area (Å²) < 4.78 is 38.4. The number of nitrogens with one attached hydrogen (secondary N) is 1. The zero-order valence-electron chi connectivity index (χ0n) is 15.8. The Hall–Kier alpha value is -2.74. The largest absolute Gasteiger partial charge is 0.416 e. The van der Waals surface area contributed by atoms with Gasteiger partial charge in [-0.25, -0.2) is 0 Å². The van der Waals surface area contributed by atoms with E-state index in [0.29, 0.717) is 5.92 Å². The lowest BCUT2D eigenvalue weighted by Gasteiger charge is -2.15. The zero-order chi connectivity index (χ0) is 21.2. The Labute approximate surface area is 170 Å². The molecular weight excluding hydrogens is 401 g/mol. The van der Waals surface area contributed by atoms with Crippen LogP contribution in [0.2, 0.25) is 0 Å². The number of nitrogens with zero attached hydrogens (tertiary/aromatic N) is 1. The van der Waals surface area contributed by atoms with Gasteiger partial charge in [-0.3, -0.25) is 14.5 Å². The highest BCUT2D eigenvalue weighted by molar-refractivity contribution is 8.18. The number of rotatable bonds is 5. The van der Waals surface area contributed by atoms with E-state index >= 15 is 0 Å². The molecule has 3 rings (SSSR count). The highest BCUT2D eigenvalue weighted by atomic mass is 32.2. The molecule has 2 amide bonds. The lowest BCUT2D eigenvalue weighted by Crippen LogP contribution is -2.33. The maximum absolute atomic E-state index is 12.8. The Morgan fingerprint density at radius 2 is 1.79 bits per heavy atom. The topological polar surface area (TPSA) is 49.4 Å². The fraction of sp³-hybridized carbons (Fsp3) is 0.238. The number of imide groups is 1. The minimum absolute atomic E-state index is 0.173. The number of benzene rings is 2. The molecule has 2 aromatic carbocycles. The first-order chi connectivity index (χ1) is 13.6. The Kier molecular flexibility index (Phi) is 6.02. The number of thioether (sulfide) groups is 1. The SMILES string of the molecule is CC(C)c1ccc(/C=C2/SC(=O)N(CNc3cccc(C(F)(F)F)c3)C2=O)cc1. The lowest BCUT2D eigenvalue weighted by atomic mass is 10.0. The minimum atomic E-state index is -4.46. The average molecular weight is 420 g/mol. The van der Waals surface area contributed by atoms with Crippen molar-refractivity contribution in [1.29, 1.82) is 0 Å². The van der Waals surface area contributed by atoms with E-state index in [-0.39, 0.29) is 17.3 Å². The number of anilines is 1. The molecule has 4 nitrogen and oxygen atoms in total. The number of carbonyl (C=O) groups is 2. The van der Waals surface area contributed by atoms with Crippen molar-refractivity contribution in [3.63, 3.8) is 0 Å². The Morgan fingerprint density at radius 3 is 2.41 bits per heavy atom. The van der Waals surface area contributed by atoms with Gasteiger partial charge in [0.25, 0.3) is 11.1 Å². The molecular formula is C21H19F3N2O2S. The smallest absolute Gasteiger partial charge is 0.367 e. The molecule has 29 heavy (non-hydrogen) atoms. The van der Waals surface area contributed by atoms with Crippen molar-refractivity contribution >= 4 is 34.7 Å². The molecule has 0 unspecified atom stereocenters. The maximum atomic E-state index is 12.8. The summed E-state index contributed by atoms with van der Waals surface area (Å²) in [6.07, 6.45) is -2.83. The molecule has 0 bridgehead atoms. The van der Waals surface area contributed by atoms with E-state index in [1.54, 1.807) is 6.08 Å². The molecule has 152 valence electrons. The molecule has 0 aromatic heterocycles. The number of hydrogen-bond donors (Lipinski definition) is 1. The second-order valence-electron chi connectivity index (χ2n) is 6.84. The van der Waals surface area contributed by atoms with Crippen LogP contribution in [0.25, 0.3) is 6.08 Å². The van der Waals surface area contributed by atoms with Crippen LogP contribution >= 0.6 is 11.8 Å². The molecule has 1 aliphatic heterocycles. The Bertz CT molecular complexity index is 953. The van der Waals surface area contributed by atoms with Crippen molar-refractivity contribution in [2.75, 3.05) is 12.0 Å². The van der Waals surface area contributed by atoms with Gasteiger partial charge < -0.3 is 5.32 Å². The molecule has 8 heteroatoms. The van der Waals surface area contributed by atoms with Crippen LogP contribution in [0.3, 0.4) is 0 Å². The van der Waals surface area contributed by atoms with Crippen molar-refractivity contribution in [1.82, 2.24) is 4.90 Å². The molecule has 1 saturated heterocycles. The summed E-state index contributed by atoms with van der Waals surface area (Å²) in [6, 6.07) is 12.3. The van der Waals surface area contributed by atoms with Crippen LogP contribution in [0.1, 0.15) is 36.5 Å². The van der Waals surface area contributed by atoms with Gasteiger partial charge in [-0.05, 0) is 53.1 Å². The number of amides is 2. The summed E-state index contributed by atoms with van der Waals surface area (Å²) in [5.41, 5.74) is 1.33. The Morgan fingerprint density at radius 1 is 1.10 bits per heavy atom. The van der Waals surface area contributed by atoms with Crippen LogP contribution in [0.15, 0.2) is 53.4 Å². The molecule has 0 atom stereocenters. The van der Waals surface area contributed by atoms with E-state index in [1.807, 2.05) is 24.3 Å². The van der Waals surface area contributed by atoms with Crippen molar-refractivity contribution in [3.05, 3.63) is 70.1 Å². The van der Waals surface area contributed by atoms with E-state index < -0.39 is 22.9 Å². The van der Waals surface area contributed by atoms with E-state index in [2.05, 4.69) is 19.2 Å². The molecule has 1 fully saturated rings. The molecule has 1 aliphatic rings. The Balaban J connectivity index is 1.69. The van der Waals surface area contributed by atoms with Crippen LogP contribution in [0.4, 0.5) is 23.7 Å². The molecule has 1 heterocycles. The van der Waals surface area contributed by atoms with E-state index in [9.17, 15) is 22.8 Å². The van der Waals surface area contributed by atoms with Crippen molar-refractivity contribution < 1.29 is 22.8 Å². The van der Waals surface area contributed by atoms with Crippen LogP contribution < -0.4 is 5.32 Å². The van der Waals surface area contributed by atoms with Gasteiger partial charge in [0.2, 0.25) is 0 Å². The van der Waals surface area contributed by atoms with E-state index in [1.165, 1.54) is 17.7 Å². The van der Waals surface area contributed by atoms with Gasteiger partial charge in [0.15, 0.2) is 0 Å². The predicted molar refractivity (Wildman–Crippen MR) is 108 cm³/mol. The van der Waals surface area contributed by atoms with Crippen LogP contribution in [-0.4, -0.2) is 22.7 Å². The van der Waals surface area contributed by atoms with E-state index in [0.717, 1.165) is 34.4 Å². The molecule has 1 N–H and O–H groups in total. The summed E-state index contributed by atoms with van der Waals surface area (Å²) >= 11 is 0.808. The van der Waals surface area contributed by atoms with Gasteiger partial charge in [-0.1, -0.05) is 44.2 Å². The second-order valence-corrected chi connectivity index (χ2v) is 7.84. The average Bonchev–Trinajstić information content (AvgIpc) is 2.93. The van der Waals surface area contributed by atoms with Gasteiger partial charge in [-0.15, -0.1) is 0 Å². The summed E-state index contributed by atoms with van der Waals surface area (Å²) in [7, 11) is 0. The predicted octanol–water partition coefficient (Wildman–Crippen LogP) is 5.93. The van der Waals surface area contributed by atoms with Gasteiger partial charge in [0.05, 0.1) is 17.1 Å². The third-order valence-corrected chi connectivity index (χ3v) is 5.31. The first-order valence-corrected chi connectivity index (χ1v) is 9.73. The molecule has 0 saturated carbocycles. The first-order valence-electron chi connectivity index (χ1n) is 8.91. The third kappa shape index (κ3) is 5.00. The quantitative estimate of drug-likeness (QED) is 0.609.